The molecule has 0 radical (unpaired) electrons. The van der Waals surface area contributed by atoms with Crippen molar-refractivity contribution in [2.75, 3.05) is 5.32 Å². The molecule has 8 nitrogen and oxygen atoms in total. The first-order chi connectivity index (χ1) is 18.3. The zero-order valence-electron chi connectivity index (χ0n) is 20.5. The lowest BCUT2D eigenvalue weighted by Gasteiger charge is -2.29. The number of carbonyl (C=O) groups is 1. The first-order valence-electron chi connectivity index (χ1n) is 11.9. The van der Waals surface area contributed by atoms with Gasteiger partial charge < -0.3 is 9.51 Å². The van der Waals surface area contributed by atoms with Crippen molar-refractivity contribution in [2.24, 2.45) is 0 Å². The van der Waals surface area contributed by atoms with Crippen LogP contribution in [0.2, 0.25) is 5.02 Å². The molecule has 38 heavy (non-hydrogen) atoms. The fourth-order valence-electron chi connectivity index (χ4n) is 4.49. The highest BCUT2D eigenvalue weighted by atomic mass is 35.5. The van der Waals surface area contributed by atoms with E-state index in [0.717, 1.165) is 0 Å². The fourth-order valence-corrected chi connectivity index (χ4v) is 4.72. The van der Waals surface area contributed by atoms with Crippen molar-refractivity contribution in [2.45, 2.75) is 32.4 Å². The molecule has 2 aromatic carbocycles. The summed E-state index contributed by atoms with van der Waals surface area (Å²) in [7, 11) is 0. The molecule has 11 heteroatoms. The molecule has 0 aliphatic heterocycles. The third kappa shape index (κ3) is 4.21. The average molecular weight is 537 g/mol. The molecule has 194 valence electrons. The molecule has 5 rings (SSSR count). The van der Waals surface area contributed by atoms with Gasteiger partial charge in [0.15, 0.2) is 5.60 Å². The van der Waals surface area contributed by atoms with Crippen molar-refractivity contribution >= 4 is 29.1 Å². The molecule has 0 bridgehead atoms. The van der Waals surface area contributed by atoms with Crippen LogP contribution >= 0.6 is 11.6 Å². The van der Waals surface area contributed by atoms with Gasteiger partial charge in [0, 0.05) is 35.6 Å². The maximum atomic E-state index is 15.1. The maximum Gasteiger partial charge on any atom is 0.261 e. The fraction of sp³-hybridized carbons (Fsp3) is 0.185. The number of fused-ring (bicyclic) bond motifs is 1. The lowest BCUT2D eigenvalue weighted by Crippen LogP contribution is -2.33. The summed E-state index contributed by atoms with van der Waals surface area (Å²) in [5.41, 5.74) is -1.75. The summed E-state index contributed by atoms with van der Waals surface area (Å²) in [6.07, 6.45) is 3.28. The van der Waals surface area contributed by atoms with Crippen molar-refractivity contribution < 1.29 is 18.7 Å². The van der Waals surface area contributed by atoms with Crippen LogP contribution in [0.3, 0.4) is 0 Å². The quantitative estimate of drug-likeness (QED) is 0.306. The van der Waals surface area contributed by atoms with E-state index >= 15 is 8.78 Å². The van der Waals surface area contributed by atoms with Crippen molar-refractivity contribution in [3.05, 3.63) is 112 Å². The molecular weight excluding hydrogens is 514 g/mol. The second kappa shape index (κ2) is 9.96. The number of imidazole rings is 1. The summed E-state index contributed by atoms with van der Waals surface area (Å²) in [4.78, 5) is 21.7. The second-order valence-electron chi connectivity index (χ2n) is 8.57. The molecule has 0 atom stereocenters. The van der Waals surface area contributed by atoms with E-state index in [4.69, 9.17) is 11.6 Å². The molecular formula is C27H23ClF2N6O2. The molecule has 0 fully saturated rings. The standard InChI is InChI=1S/C27H23ClF2N6O2/c1-3-22-24(27(38,17-9-5-7-11-20(17)29)18-10-6-8-12-21(18)30)32-23-13-19(28)16(14-36(22)23)25(37)33-26-31-15-35(4-2)34-26/h5-15,38H,3-4H2,1-2H3,(H,33,34,37). The highest BCUT2D eigenvalue weighted by Gasteiger charge is 2.42. The van der Waals surface area contributed by atoms with Crippen molar-refractivity contribution in [3.8, 4) is 0 Å². The van der Waals surface area contributed by atoms with Crippen LogP contribution in [-0.2, 0) is 18.6 Å². The number of carbonyl (C=O) groups excluding carboxylic acids is 1. The van der Waals surface area contributed by atoms with E-state index in [1.165, 1.54) is 55.0 Å². The van der Waals surface area contributed by atoms with E-state index in [-0.39, 0.29) is 39.0 Å². The Balaban J connectivity index is 1.70. The Morgan fingerprint density at radius 2 is 1.71 bits per heavy atom. The van der Waals surface area contributed by atoms with Gasteiger partial charge in [0.1, 0.15) is 29.3 Å². The molecule has 1 amide bonds. The molecule has 0 saturated heterocycles. The monoisotopic (exact) mass is 536 g/mol. The molecule has 3 heterocycles. The highest BCUT2D eigenvalue weighted by molar-refractivity contribution is 6.34. The van der Waals surface area contributed by atoms with E-state index in [1.54, 1.807) is 21.2 Å². The Labute approximate surface area is 221 Å². The minimum absolute atomic E-state index is 0.0205. The number of pyridine rings is 1. The van der Waals surface area contributed by atoms with Crippen molar-refractivity contribution in [3.63, 3.8) is 0 Å². The summed E-state index contributed by atoms with van der Waals surface area (Å²) in [5, 5.41) is 19.0. The number of rotatable bonds is 7. The van der Waals surface area contributed by atoms with E-state index < -0.39 is 23.1 Å². The van der Waals surface area contributed by atoms with Crippen LogP contribution < -0.4 is 5.32 Å². The molecule has 3 aromatic heterocycles. The summed E-state index contributed by atoms with van der Waals surface area (Å²) in [6, 6.07) is 12.7. The number of nitrogens with zero attached hydrogens (tertiary/aromatic N) is 5. The van der Waals surface area contributed by atoms with Crippen LogP contribution in [0.4, 0.5) is 14.7 Å². The Morgan fingerprint density at radius 1 is 1.08 bits per heavy atom. The lowest BCUT2D eigenvalue weighted by atomic mass is 9.81. The smallest absolute Gasteiger partial charge is 0.261 e. The predicted octanol–water partition coefficient (Wildman–Crippen LogP) is 4.98. The Hall–Kier alpha value is -4.15. The number of anilines is 1. The maximum absolute atomic E-state index is 15.1. The summed E-state index contributed by atoms with van der Waals surface area (Å²) in [5.74, 6) is -1.89. The van der Waals surface area contributed by atoms with Crippen LogP contribution in [-0.4, -0.2) is 35.2 Å². The number of benzene rings is 2. The molecule has 0 unspecified atom stereocenters. The SMILES string of the molecule is CCc1c(C(O)(c2ccccc2F)c2ccccc2F)nc2cc(Cl)c(C(=O)Nc3ncn(CC)n3)cn12. The van der Waals surface area contributed by atoms with Crippen molar-refractivity contribution in [1.29, 1.82) is 0 Å². The van der Waals surface area contributed by atoms with Gasteiger partial charge in [0.05, 0.1) is 10.6 Å². The number of aliphatic hydroxyl groups is 1. The van der Waals surface area contributed by atoms with Gasteiger partial charge in [-0.05, 0) is 25.5 Å². The number of amides is 1. The van der Waals surface area contributed by atoms with E-state index in [1.807, 2.05) is 13.8 Å². The zero-order chi connectivity index (χ0) is 27.0. The predicted molar refractivity (Wildman–Crippen MR) is 138 cm³/mol. The van der Waals surface area contributed by atoms with E-state index in [9.17, 15) is 9.90 Å². The largest absolute Gasteiger partial charge is 0.374 e. The van der Waals surface area contributed by atoms with Crippen LogP contribution in [0.5, 0.6) is 0 Å². The molecule has 0 saturated carbocycles. The first-order valence-corrected chi connectivity index (χ1v) is 12.3. The second-order valence-corrected chi connectivity index (χ2v) is 8.98. The summed E-state index contributed by atoms with van der Waals surface area (Å²) in [6.45, 7) is 4.28. The van der Waals surface area contributed by atoms with Gasteiger partial charge in [-0.15, -0.1) is 5.10 Å². The van der Waals surface area contributed by atoms with Gasteiger partial charge in [-0.2, -0.15) is 0 Å². The van der Waals surface area contributed by atoms with Crippen LogP contribution in [0, 0.1) is 11.6 Å². The van der Waals surface area contributed by atoms with Gasteiger partial charge in [-0.3, -0.25) is 14.8 Å². The minimum atomic E-state index is -2.28. The molecule has 0 spiro atoms. The van der Waals surface area contributed by atoms with Gasteiger partial charge in [0.25, 0.3) is 5.91 Å². The van der Waals surface area contributed by atoms with Gasteiger partial charge in [0.2, 0.25) is 5.95 Å². The Bertz CT molecular complexity index is 1620. The molecule has 0 aliphatic rings. The number of hydrogen-bond donors (Lipinski definition) is 2. The van der Waals surface area contributed by atoms with Crippen LogP contribution in [0.25, 0.3) is 5.65 Å². The van der Waals surface area contributed by atoms with E-state index in [0.29, 0.717) is 18.7 Å². The first kappa shape index (κ1) is 25.5. The number of aryl methyl sites for hydroxylation is 2. The highest BCUT2D eigenvalue weighted by Crippen LogP contribution is 2.41. The minimum Gasteiger partial charge on any atom is -0.374 e. The van der Waals surface area contributed by atoms with Gasteiger partial charge >= 0.3 is 0 Å². The third-order valence-corrected chi connectivity index (χ3v) is 6.66. The summed E-state index contributed by atoms with van der Waals surface area (Å²) >= 11 is 6.46. The van der Waals surface area contributed by atoms with Crippen molar-refractivity contribution in [1.82, 2.24) is 24.1 Å². The Morgan fingerprint density at radius 3 is 2.26 bits per heavy atom. The zero-order valence-corrected chi connectivity index (χ0v) is 21.2. The lowest BCUT2D eigenvalue weighted by molar-refractivity contribution is 0.102. The molecule has 5 aromatic rings. The van der Waals surface area contributed by atoms with Gasteiger partial charge in [-0.25, -0.2) is 18.7 Å². The normalized spacial score (nSPS) is 11.7. The molecule has 2 N–H and O–H groups in total. The topological polar surface area (TPSA) is 97.3 Å². The molecule has 0 aliphatic carbocycles. The number of aromatic nitrogens is 5. The van der Waals surface area contributed by atoms with Gasteiger partial charge in [-0.1, -0.05) is 54.9 Å². The number of hydrogen-bond acceptors (Lipinski definition) is 5. The average Bonchev–Trinajstić information content (AvgIpc) is 3.52. The number of halogens is 3. The van der Waals surface area contributed by atoms with Crippen LogP contribution in [0.15, 0.2) is 67.1 Å². The van der Waals surface area contributed by atoms with E-state index in [2.05, 4.69) is 20.4 Å². The number of nitrogens with one attached hydrogen (secondary N) is 1. The summed E-state index contributed by atoms with van der Waals surface area (Å²) < 4.78 is 33.4. The van der Waals surface area contributed by atoms with Crippen LogP contribution in [0.1, 0.15) is 46.7 Å². The third-order valence-electron chi connectivity index (χ3n) is 6.34. The Kier molecular flexibility index (Phi) is 6.68.